The van der Waals surface area contributed by atoms with Crippen molar-refractivity contribution in [1.29, 1.82) is 0 Å². The minimum atomic E-state index is 0.602. The zero-order valence-electron chi connectivity index (χ0n) is 13.0. The summed E-state index contributed by atoms with van der Waals surface area (Å²) in [6, 6.07) is 6.78. The van der Waals surface area contributed by atoms with E-state index >= 15 is 0 Å². The Labute approximate surface area is 131 Å². The minimum Gasteiger partial charge on any atom is -0.399 e. The Balaban J connectivity index is 2.08. The summed E-state index contributed by atoms with van der Waals surface area (Å²) in [5.74, 6) is 2.44. The molecular weight excluding hydrogens is 278 g/mol. The second-order valence-electron chi connectivity index (χ2n) is 5.89. The predicted molar refractivity (Wildman–Crippen MR) is 92.9 cm³/mol. The molecule has 2 N–H and O–H groups in total. The van der Waals surface area contributed by atoms with E-state index in [2.05, 4.69) is 36.2 Å². The van der Waals surface area contributed by atoms with Gasteiger partial charge in [-0.05, 0) is 43.2 Å². The SMILES string of the molecule is CCCc1nc2cc(N)ccc2n1C1CCCC1SCC. The van der Waals surface area contributed by atoms with Gasteiger partial charge in [-0.3, -0.25) is 0 Å². The van der Waals surface area contributed by atoms with Crippen molar-refractivity contribution in [3.63, 3.8) is 0 Å². The van der Waals surface area contributed by atoms with E-state index in [0.29, 0.717) is 6.04 Å². The lowest BCUT2D eigenvalue weighted by Gasteiger charge is -2.23. The van der Waals surface area contributed by atoms with Crippen LogP contribution in [0, 0.1) is 0 Å². The number of nitrogens with two attached hydrogens (primary N) is 1. The van der Waals surface area contributed by atoms with Crippen LogP contribution >= 0.6 is 11.8 Å². The Hall–Kier alpha value is -1.16. The first-order chi connectivity index (χ1) is 10.2. The number of rotatable bonds is 5. The molecule has 3 rings (SSSR count). The van der Waals surface area contributed by atoms with Gasteiger partial charge in [-0.25, -0.2) is 4.98 Å². The van der Waals surface area contributed by atoms with Gasteiger partial charge in [0.2, 0.25) is 0 Å². The maximum atomic E-state index is 5.93. The maximum Gasteiger partial charge on any atom is 0.110 e. The molecule has 1 fully saturated rings. The summed E-state index contributed by atoms with van der Waals surface area (Å²) in [4.78, 5) is 4.88. The van der Waals surface area contributed by atoms with Crippen molar-refractivity contribution in [1.82, 2.24) is 9.55 Å². The standard InChI is InChI=1S/C17H25N3S/c1-3-6-17-19-13-11-12(18)9-10-14(13)20(17)15-7-5-8-16(15)21-4-2/h9-11,15-16H,3-8,18H2,1-2H3. The summed E-state index contributed by atoms with van der Waals surface area (Å²) in [5, 5.41) is 0.737. The number of fused-ring (bicyclic) bond motifs is 1. The average Bonchev–Trinajstić information content (AvgIpc) is 3.03. The number of hydrogen-bond acceptors (Lipinski definition) is 3. The molecule has 21 heavy (non-hydrogen) atoms. The molecule has 0 amide bonds. The third kappa shape index (κ3) is 2.78. The summed E-state index contributed by atoms with van der Waals surface area (Å²) < 4.78 is 2.53. The van der Waals surface area contributed by atoms with E-state index < -0.39 is 0 Å². The van der Waals surface area contributed by atoms with E-state index in [1.165, 1.54) is 36.4 Å². The highest BCUT2D eigenvalue weighted by Gasteiger charge is 2.31. The second kappa shape index (κ2) is 6.30. The van der Waals surface area contributed by atoms with Crippen LogP contribution in [-0.2, 0) is 6.42 Å². The molecule has 0 radical (unpaired) electrons. The zero-order chi connectivity index (χ0) is 14.8. The van der Waals surface area contributed by atoms with Crippen LogP contribution in [0.2, 0.25) is 0 Å². The molecule has 114 valence electrons. The number of nitrogens with zero attached hydrogens (tertiary/aromatic N) is 2. The molecule has 2 aromatic rings. The van der Waals surface area contributed by atoms with Crippen LogP contribution in [0.25, 0.3) is 11.0 Å². The summed E-state index contributed by atoms with van der Waals surface area (Å²) in [6.07, 6.45) is 6.14. The molecule has 0 bridgehead atoms. The molecule has 1 heterocycles. The Morgan fingerprint density at radius 2 is 2.19 bits per heavy atom. The van der Waals surface area contributed by atoms with Gasteiger partial charge in [-0.15, -0.1) is 0 Å². The zero-order valence-corrected chi connectivity index (χ0v) is 13.8. The fraction of sp³-hybridized carbons (Fsp3) is 0.588. The van der Waals surface area contributed by atoms with Gasteiger partial charge in [0.25, 0.3) is 0 Å². The topological polar surface area (TPSA) is 43.8 Å². The first-order valence-corrected chi connectivity index (χ1v) is 9.17. The number of imidazole rings is 1. The molecule has 1 aromatic heterocycles. The fourth-order valence-corrected chi connectivity index (χ4v) is 4.79. The van der Waals surface area contributed by atoms with E-state index in [0.717, 1.165) is 29.3 Å². The van der Waals surface area contributed by atoms with E-state index in [1.807, 2.05) is 12.1 Å². The lowest BCUT2D eigenvalue weighted by Crippen LogP contribution is -2.18. The van der Waals surface area contributed by atoms with Gasteiger partial charge in [0.05, 0.1) is 11.0 Å². The van der Waals surface area contributed by atoms with Crippen LogP contribution in [-0.4, -0.2) is 20.6 Å². The van der Waals surface area contributed by atoms with Gasteiger partial charge in [0, 0.05) is 23.4 Å². The normalized spacial score (nSPS) is 22.2. The van der Waals surface area contributed by atoms with Gasteiger partial charge in [-0.1, -0.05) is 20.3 Å². The smallest absolute Gasteiger partial charge is 0.110 e. The fourth-order valence-electron chi connectivity index (χ4n) is 3.55. The molecule has 0 aliphatic heterocycles. The lowest BCUT2D eigenvalue weighted by atomic mass is 10.2. The van der Waals surface area contributed by atoms with Crippen LogP contribution in [0.3, 0.4) is 0 Å². The predicted octanol–water partition coefficient (Wildman–Crippen LogP) is 4.42. The van der Waals surface area contributed by atoms with Crippen LogP contribution in [0.1, 0.15) is 51.4 Å². The Morgan fingerprint density at radius 3 is 2.95 bits per heavy atom. The lowest BCUT2D eigenvalue weighted by molar-refractivity contribution is 0.517. The van der Waals surface area contributed by atoms with Crippen molar-refractivity contribution in [2.24, 2.45) is 0 Å². The van der Waals surface area contributed by atoms with Gasteiger partial charge < -0.3 is 10.3 Å². The number of nitrogen functional groups attached to an aromatic ring is 1. The van der Waals surface area contributed by atoms with Crippen molar-refractivity contribution in [3.8, 4) is 0 Å². The average molecular weight is 303 g/mol. The van der Waals surface area contributed by atoms with Crippen molar-refractivity contribution < 1.29 is 0 Å². The molecule has 2 atom stereocenters. The van der Waals surface area contributed by atoms with E-state index in [9.17, 15) is 0 Å². The van der Waals surface area contributed by atoms with Crippen molar-refractivity contribution in [2.75, 3.05) is 11.5 Å². The van der Waals surface area contributed by atoms with Crippen LogP contribution < -0.4 is 5.73 Å². The third-order valence-electron chi connectivity index (χ3n) is 4.39. The number of anilines is 1. The molecule has 1 aliphatic carbocycles. The number of thioether (sulfide) groups is 1. The molecule has 3 nitrogen and oxygen atoms in total. The largest absolute Gasteiger partial charge is 0.399 e. The second-order valence-corrected chi connectivity index (χ2v) is 7.40. The minimum absolute atomic E-state index is 0.602. The third-order valence-corrected chi connectivity index (χ3v) is 5.70. The number of aromatic nitrogens is 2. The summed E-state index contributed by atoms with van der Waals surface area (Å²) in [6.45, 7) is 4.49. The Bertz CT molecular complexity index is 620. The van der Waals surface area contributed by atoms with Crippen molar-refractivity contribution in [2.45, 2.75) is 57.2 Å². The monoisotopic (exact) mass is 303 g/mol. The van der Waals surface area contributed by atoms with E-state index in [1.54, 1.807) is 0 Å². The van der Waals surface area contributed by atoms with Gasteiger partial charge in [0.1, 0.15) is 5.82 Å². The molecule has 1 saturated carbocycles. The van der Waals surface area contributed by atoms with Gasteiger partial charge in [-0.2, -0.15) is 11.8 Å². The summed E-state index contributed by atoms with van der Waals surface area (Å²) in [7, 11) is 0. The molecule has 1 aliphatic rings. The number of aryl methyl sites for hydroxylation is 1. The molecule has 4 heteroatoms. The first-order valence-electron chi connectivity index (χ1n) is 8.12. The van der Waals surface area contributed by atoms with Crippen molar-refractivity contribution >= 4 is 28.5 Å². The quantitative estimate of drug-likeness (QED) is 0.832. The highest BCUT2D eigenvalue weighted by molar-refractivity contribution is 7.99. The van der Waals surface area contributed by atoms with Gasteiger partial charge >= 0.3 is 0 Å². The Morgan fingerprint density at radius 1 is 1.33 bits per heavy atom. The summed E-state index contributed by atoms with van der Waals surface area (Å²) in [5.41, 5.74) is 9.06. The van der Waals surface area contributed by atoms with Crippen LogP contribution in [0.5, 0.6) is 0 Å². The molecule has 0 saturated heterocycles. The first kappa shape index (κ1) is 14.8. The van der Waals surface area contributed by atoms with E-state index in [4.69, 9.17) is 10.7 Å². The number of hydrogen-bond donors (Lipinski definition) is 1. The van der Waals surface area contributed by atoms with Crippen molar-refractivity contribution in [3.05, 3.63) is 24.0 Å². The van der Waals surface area contributed by atoms with E-state index in [-0.39, 0.29) is 0 Å². The summed E-state index contributed by atoms with van der Waals surface area (Å²) >= 11 is 2.11. The molecular formula is C17H25N3S. The molecule has 1 aromatic carbocycles. The highest BCUT2D eigenvalue weighted by Crippen LogP contribution is 2.41. The van der Waals surface area contributed by atoms with Crippen LogP contribution in [0.4, 0.5) is 5.69 Å². The highest BCUT2D eigenvalue weighted by atomic mass is 32.2. The molecule has 2 unspecified atom stereocenters. The molecule has 0 spiro atoms. The maximum absolute atomic E-state index is 5.93. The van der Waals surface area contributed by atoms with Gasteiger partial charge in [0.15, 0.2) is 0 Å². The Kier molecular flexibility index (Phi) is 4.43. The number of benzene rings is 1. The van der Waals surface area contributed by atoms with Crippen LogP contribution in [0.15, 0.2) is 18.2 Å².